The Bertz CT molecular complexity index is 252. The molecule has 0 saturated heterocycles. The van der Waals surface area contributed by atoms with Gasteiger partial charge in [0.05, 0.1) is 13.5 Å². The van der Waals surface area contributed by atoms with Crippen LogP contribution in [0.1, 0.15) is 46.5 Å². The van der Waals surface area contributed by atoms with E-state index in [9.17, 15) is 4.79 Å². The number of nitrogens with two attached hydrogens (primary N) is 1. The Morgan fingerprint density at radius 2 is 2.19 bits per heavy atom. The van der Waals surface area contributed by atoms with Gasteiger partial charge in [-0.25, -0.2) is 0 Å². The lowest BCUT2D eigenvalue weighted by Crippen LogP contribution is -2.49. The summed E-state index contributed by atoms with van der Waals surface area (Å²) in [5, 5.41) is 0. The fraction of sp³-hybridized carbons (Fsp3) is 0.923. The summed E-state index contributed by atoms with van der Waals surface area (Å²) < 4.78 is 4.82. The van der Waals surface area contributed by atoms with Gasteiger partial charge in [-0.3, -0.25) is 4.79 Å². The molecule has 0 aromatic carbocycles. The van der Waals surface area contributed by atoms with Crippen LogP contribution in [-0.2, 0) is 9.53 Å². The van der Waals surface area contributed by atoms with Gasteiger partial charge in [0, 0.05) is 6.04 Å². The average molecular weight is 227 g/mol. The molecule has 2 N–H and O–H groups in total. The van der Waals surface area contributed by atoms with E-state index in [-0.39, 0.29) is 17.4 Å². The maximum Gasteiger partial charge on any atom is 0.306 e. The number of ether oxygens (including phenoxy) is 1. The molecular weight excluding hydrogens is 202 g/mol. The monoisotopic (exact) mass is 227 g/mol. The van der Waals surface area contributed by atoms with E-state index in [1.54, 1.807) is 0 Å². The van der Waals surface area contributed by atoms with Gasteiger partial charge in [-0.05, 0) is 30.6 Å². The summed E-state index contributed by atoms with van der Waals surface area (Å²) >= 11 is 0. The molecule has 1 aliphatic carbocycles. The van der Waals surface area contributed by atoms with Crippen LogP contribution in [0, 0.1) is 17.3 Å². The zero-order chi connectivity index (χ0) is 12.3. The summed E-state index contributed by atoms with van der Waals surface area (Å²) in [6.45, 7) is 6.52. The molecule has 0 aliphatic heterocycles. The quantitative estimate of drug-likeness (QED) is 0.753. The molecule has 3 heteroatoms. The van der Waals surface area contributed by atoms with Gasteiger partial charge in [0.25, 0.3) is 0 Å². The minimum Gasteiger partial charge on any atom is -0.469 e. The summed E-state index contributed by atoms with van der Waals surface area (Å²) in [6.07, 6.45) is 3.93. The topological polar surface area (TPSA) is 52.3 Å². The van der Waals surface area contributed by atoms with Crippen molar-refractivity contribution in [2.45, 2.75) is 52.5 Å². The Kier molecular flexibility index (Phi) is 4.36. The van der Waals surface area contributed by atoms with E-state index in [2.05, 4.69) is 13.8 Å². The zero-order valence-corrected chi connectivity index (χ0v) is 11.0. The van der Waals surface area contributed by atoms with E-state index < -0.39 is 0 Å². The van der Waals surface area contributed by atoms with E-state index in [4.69, 9.17) is 10.5 Å². The third kappa shape index (κ3) is 2.40. The van der Waals surface area contributed by atoms with Crippen LogP contribution in [0.25, 0.3) is 0 Å². The molecule has 1 saturated carbocycles. The maximum atomic E-state index is 11.6. The van der Waals surface area contributed by atoms with E-state index in [1.165, 1.54) is 20.0 Å². The molecule has 0 spiro atoms. The highest BCUT2D eigenvalue weighted by Gasteiger charge is 2.45. The first-order valence-corrected chi connectivity index (χ1v) is 6.26. The van der Waals surface area contributed by atoms with Crippen molar-refractivity contribution < 1.29 is 9.53 Å². The molecule has 1 rings (SSSR count). The number of hydrogen-bond donors (Lipinski definition) is 1. The number of rotatable bonds is 3. The molecule has 3 nitrogen and oxygen atoms in total. The molecule has 1 aliphatic rings. The average Bonchev–Trinajstić information content (AvgIpc) is 2.24. The van der Waals surface area contributed by atoms with Crippen molar-refractivity contribution in [1.82, 2.24) is 0 Å². The van der Waals surface area contributed by atoms with Crippen LogP contribution < -0.4 is 5.73 Å². The van der Waals surface area contributed by atoms with Crippen molar-refractivity contribution in [3.63, 3.8) is 0 Å². The predicted octanol–water partition coefficient (Wildman–Crippen LogP) is 2.34. The van der Waals surface area contributed by atoms with Gasteiger partial charge in [0.15, 0.2) is 0 Å². The summed E-state index contributed by atoms with van der Waals surface area (Å²) in [6, 6.07) is 0.0457. The number of methoxy groups -OCH3 is 1. The summed E-state index contributed by atoms with van der Waals surface area (Å²) in [7, 11) is 1.45. The molecule has 4 atom stereocenters. The van der Waals surface area contributed by atoms with Crippen LogP contribution in [0.4, 0.5) is 0 Å². The fourth-order valence-electron chi connectivity index (χ4n) is 3.19. The molecule has 0 radical (unpaired) electrons. The van der Waals surface area contributed by atoms with Crippen molar-refractivity contribution in [3.8, 4) is 0 Å². The van der Waals surface area contributed by atoms with Crippen LogP contribution in [-0.4, -0.2) is 19.1 Å². The van der Waals surface area contributed by atoms with Crippen LogP contribution in [0.15, 0.2) is 0 Å². The minimum absolute atomic E-state index is 0.0457. The van der Waals surface area contributed by atoms with Gasteiger partial charge in [0.2, 0.25) is 0 Å². The lowest BCUT2D eigenvalue weighted by molar-refractivity contribution is -0.146. The number of carbonyl (C=O) groups excluding carboxylic acids is 1. The number of carbonyl (C=O) groups is 1. The smallest absolute Gasteiger partial charge is 0.306 e. The maximum absolute atomic E-state index is 11.6. The van der Waals surface area contributed by atoms with Gasteiger partial charge >= 0.3 is 5.97 Å². The standard InChI is InChI=1S/C13H25NO2/c1-9-6-5-7-13(10(9)2,11(3)14)8-12(15)16-4/h9-11H,5-8,14H2,1-4H3. The second-order valence-electron chi connectivity index (χ2n) is 5.43. The van der Waals surface area contributed by atoms with Crippen LogP contribution >= 0.6 is 0 Å². The Morgan fingerprint density at radius 1 is 1.56 bits per heavy atom. The Morgan fingerprint density at radius 3 is 2.69 bits per heavy atom. The van der Waals surface area contributed by atoms with Gasteiger partial charge in [-0.1, -0.05) is 26.7 Å². The Labute approximate surface area is 98.7 Å². The lowest BCUT2D eigenvalue weighted by Gasteiger charge is -2.48. The fourth-order valence-corrected chi connectivity index (χ4v) is 3.19. The molecule has 94 valence electrons. The van der Waals surface area contributed by atoms with Crippen LogP contribution in [0.2, 0.25) is 0 Å². The van der Waals surface area contributed by atoms with Crippen LogP contribution in [0.3, 0.4) is 0 Å². The van der Waals surface area contributed by atoms with Crippen LogP contribution in [0.5, 0.6) is 0 Å². The first-order chi connectivity index (χ1) is 7.44. The SMILES string of the molecule is COC(=O)CC1(C(C)N)CCCC(C)C1C. The Hall–Kier alpha value is -0.570. The van der Waals surface area contributed by atoms with E-state index in [0.717, 1.165) is 6.42 Å². The second kappa shape index (κ2) is 5.17. The highest BCUT2D eigenvalue weighted by molar-refractivity contribution is 5.70. The minimum atomic E-state index is -0.127. The first kappa shape index (κ1) is 13.5. The molecular formula is C13H25NO2. The van der Waals surface area contributed by atoms with E-state index in [0.29, 0.717) is 18.3 Å². The highest BCUT2D eigenvalue weighted by Crippen LogP contribution is 2.48. The predicted molar refractivity (Wildman–Crippen MR) is 64.9 cm³/mol. The molecule has 16 heavy (non-hydrogen) atoms. The molecule has 0 aromatic heterocycles. The van der Waals surface area contributed by atoms with Gasteiger partial charge in [0.1, 0.15) is 0 Å². The third-order valence-corrected chi connectivity index (χ3v) is 4.67. The Balaban J connectivity index is 2.90. The molecule has 4 unspecified atom stereocenters. The first-order valence-electron chi connectivity index (χ1n) is 6.26. The lowest BCUT2D eigenvalue weighted by atomic mass is 9.58. The highest BCUT2D eigenvalue weighted by atomic mass is 16.5. The molecule has 1 fully saturated rings. The number of hydrogen-bond acceptors (Lipinski definition) is 3. The van der Waals surface area contributed by atoms with Crippen molar-refractivity contribution in [1.29, 1.82) is 0 Å². The largest absolute Gasteiger partial charge is 0.469 e. The number of esters is 1. The van der Waals surface area contributed by atoms with Crippen molar-refractivity contribution in [3.05, 3.63) is 0 Å². The second-order valence-corrected chi connectivity index (χ2v) is 5.43. The summed E-state index contributed by atoms with van der Waals surface area (Å²) in [5.41, 5.74) is 6.09. The van der Waals surface area contributed by atoms with Crippen molar-refractivity contribution in [2.75, 3.05) is 7.11 Å². The van der Waals surface area contributed by atoms with E-state index in [1.807, 2.05) is 6.92 Å². The normalized spacial score (nSPS) is 36.8. The molecule has 0 aromatic rings. The van der Waals surface area contributed by atoms with Crippen molar-refractivity contribution in [2.24, 2.45) is 23.0 Å². The zero-order valence-electron chi connectivity index (χ0n) is 11.0. The summed E-state index contributed by atoms with van der Waals surface area (Å²) in [4.78, 5) is 11.6. The van der Waals surface area contributed by atoms with Gasteiger partial charge in [-0.15, -0.1) is 0 Å². The molecule has 0 amide bonds. The molecule has 0 bridgehead atoms. The molecule has 0 heterocycles. The van der Waals surface area contributed by atoms with Gasteiger partial charge in [-0.2, -0.15) is 0 Å². The van der Waals surface area contributed by atoms with E-state index >= 15 is 0 Å². The van der Waals surface area contributed by atoms with Crippen molar-refractivity contribution >= 4 is 5.97 Å². The van der Waals surface area contributed by atoms with Gasteiger partial charge < -0.3 is 10.5 Å². The third-order valence-electron chi connectivity index (χ3n) is 4.67. The summed E-state index contributed by atoms with van der Waals surface area (Å²) in [5.74, 6) is 1.00.